The summed E-state index contributed by atoms with van der Waals surface area (Å²) >= 11 is 0. The number of carboxylic acids is 1. The summed E-state index contributed by atoms with van der Waals surface area (Å²) in [4.78, 5) is 17.8. The number of carbonyl (C=O) groups is 1. The summed E-state index contributed by atoms with van der Waals surface area (Å²) in [6.45, 7) is 2.88. The second-order valence-electron chi connectivity index (χ2n) is 5.77. The van der Waals surface area contributed by atoms with Crippen molar-refractivity contribution in [2.45, 2.75) is 31.8 Å². The van der Waals surface area contributed by atoms with Crippen molar-refractivity contribution < 1.29 is 9.90 Å². The Kier molecular flexibility index (Phi) is 4.20. The van der Waals surface area contributed by atoms with Crippen LogP contribution < -0.4 is 0 Å². The van der Waals surface area contributed by atoms with Gasteiger partial charge >= 0.3 is 5.97 Å². The Hall–Kier alpha value is -2.20. The Bertz CT molecular complexity index is 657. The molecule has 4 nitrogen and oxygen atoms in total. The van der Waals surface area contributed by atoms with Gasteiger partial charge < -0.3 is 5.11 Å². The molecule has 0 amide bonds. The highest BCUT2D eigenvalue weighted by Crippen LogP contribution is 2.35. The largest absolute Gasteiger partial charge is 0.480 e. The molecule has 22 heavy (non-hydrogen) atoms. The van der Waals surface area contributed by atoms with Gasteiger partial charge in [0.1, 0.15) is 6.04 Å². The third kappa shape index (κ3) is 2.74. The standard InChI is InChI=1S/C18H20N2O2/c1-13-5-2-3-6-15(13)17(14-8-10-19-11-9-14)20-12-4-7-16(20)18(21)22/h2-3,5-6,8-11,16-17H,4,7,12H2,1H3,(H,21,22). The van der Waals surface area contributed by atoms with Crippen LogP contribution in [0.1, 0.15) is 35.6 Å². The van der Waals surface area contributed by atoms with Gasteiger partial charge in [-0.3, -0.25) is 14.7 Å². The SMILES string of the molecule is Cc1ccccc1C(c1ccncc1)N1CCCC1C(=O)O. The van der Waals surface area contributed by atoms with E-state index < -0.39 is 12.0 Å². The molecule has 1 N–H and O–H groups in total. The van der Waals surface area contributed by atoms with Crippen LogP contribution in [0.5, 0.6) is 0 Å². The topological polar surface area (TPSA) is 53.4 Å². The highest BCUT2D eigenvalue weighted by molar-refractivity contribution is 5.74. The minimum Gasteiger partial charge on any atom is -0.480 e. The van der Waals surface area contributed by atoms with E-state index in [1.54, 1.807) is 12.4 Å². The monoisotopic (exact) mass is 296 g/mol. The highest BCUT2D eigenvalue weighted by Gasteiger charge is 2.37. The minimum absolute atomic E-state index is 0.0344. The smallest absolute Gasteiger partial charge is 0.320 e. The molecule has 114 valence electrons. The van der Waals surface area contributed by atoms with E-state index in [2.05, 4.69) is 28.9 Å². The van der Waals surface area contributed by atoms with Crippen LogP contribution in [0, 0.1) is 6.92 Å². The van der Waals surface area contributed by atoms with E-state index in [4.69, 9.17) is 0 Å². The Morgan fingerprint density at radius 1 is 1.27 bits per heavy atom. The molecule has 2 unspecified atom stereocenters. The summed E-state index contributed by atoms with van der Waals surface area (Å²) in [5, 5.41) is 9.54. The van der Waals surface area contributed by atoms with Gasteiger partial charge in [-0.25, -0.2) is 0 Å². The summed E-state index contributed by atoms with van der Waals surface area (Å²) in [6, 6.07) is 11.7. The Morgan fingerprint density at radius 2 is 2.00 bits per heavy atom. The van der Waals surface area contributed by atoms with Crippen LogP contribution in [-0.2, 0) is 4.79 Å². The zero-order valence-corrected chi connectivity index (χ0v) is 12.6. The molecule has 1 aliphatic heterocycles. The molecule has 2 heterocycles. The molecule has 1 saturated heterocycles. The molecule has 0 radical (unpaired) electrons. The van der Waals surface area contributed by atoms with E-state index in [1.807, 2.05) is 24.3 Å². The fourth-order valence-corrected chi connectivity index (χ4v) is 3.35. The van der Waals surface area contributed by atoms with Crippen LogP contribution in [0.15, 0.2) is 48.8 Å². The Labute approximate surface area is 130 Å². The van der Waals surface area contributed by atoms with Crippen molar-refractivity contribution in [1.29, 1.82) is 0 Å². The predicted molar refractivity (Wildman–Crippen MR) is 84.6 cm³/mol. The number of hydrogen-bond donors (Lipinski definition) is 1. The molecule has 1 aromatic carbocycles. The first-order chi connectivity index (χ1) is 10.7. The lowest BCUT2D eigenvalue weighted by atomic mass is 9.93. The van der Waals surface area contributed by atoms with E-state index in [9.17, 15) is 9.90 Å². The number of aliphatic carboxylic acids is 1. The van der Waals surface area contributed by atoms with Crippen molar-refractivity contribution in [3.63, 3.8) is 0 Å². The first kappa shape index (κ1) is 14.7. The van der Waals surface area contributed by atoms with Crippen LogP contribution in [0.2, 0.25) is 0 Å². The van der Waals surface area contributed by atoms with Crippen molar-refractivity contribution in [2.24, 2.45) is 0 Å². The van der Waals surface area contributed by atoms with Gasteiger partial charge in [-0.15, -0.1) is 0 Å². The van der Waals surface area contributed by atoms with E-state index in [0.717, 1.165) is 18.5 Å². The van der Waals surface area contributed by atoms with Crippen LogP contribution in [-0.4, -0.2) is 33.5 Å². The zero-order chi connectivity index (χ0) is 15.5. The van der Waals surface area contributed by atoms with Crippen LogP contribution >= 0.6 is 0 Å². The first-order valence-electron chi connectivity index (χ1n) is 7.62. The van der Waals surface area contributed by atoms with Crippen molar-refractivity contribution >= 4 is 5.97 Å². The van der Waals surface area contributed by atoms with Crippen LogP contribution in [0.3, 0.4) is 0 Å². The number of aromatic nitrogens is 1. The van der Waals surface area contributed by atoms with Gasteiger partial charge in [-0.05, 0) is 48.6 Å². The predicted octanol–water partition coefficient (Wildman–Crippen LogP) is 3.03. The number of nitrogens with zero attached hydrogens (tertiary/aromatic N) is 2. The number of aryl methyl sites for hydroxylation is 1. The van der Waals surface area contributed by atoms with Crippen molar-refractivity contribution in [3.05, 3.63) is 65.5 Å². The number of benzene rings is 1. The zero-order valence-electron chi connectivity index (χ0n) is 12.6. The molecular formula is C18H20N2O2. The van der Waals surface area contributed by atoms with Gasteiger partial charge in [0.25, 0.3) is 0 Å². The van der Waals surface area contributed by atoms with E-state index in [1.165, 1.54) is 11.1 Å². The maximum absolute atomic E-state index is 11.6. The molecule has 3 rings (SSSR count). The molecule has 2 aromatic rings. The number of carboxylic acid groups (broad SMARTS) is 1. The molecule has 0 aliphatic carbocycles. The lowest BCUT2D eigenvalue weighted by molar-refractivity contribution is -0.142. The lowest BCUT2D eigenvalue weighted by Crippen LogP contribution is -2.39. The number of rotatable bonds is 4. The second-order valence-corrected chi connectivity index (χ2v) is 5.77. The quantitative estimate of drug-likeness (QED) is 0.942. The molecule has 4 heteroatoms. The molecular weight excluding hydrogens is 276 g/mol. The number of likely N-dealkylation sites (tertiary alicyclic amines) is 1. The normalized spacial score (nSPS) is 20.0. The van der Waals surface area contributed by atoms with E-state index in [0.29, 0.717) is 6.42 Å². The van der Waals surface area contributed by atoms with Crippen LogP contribution in [0.25, 0.3) is 0 Å². The van der Waals surface area contributed by atoms with Gasteiger partial charge in [-0.1, -0.05) is 24.3 Å². The van der Waals surface area contributed by atoms with Gasteiger partial charge in [0.2, 0.25) is 0 Å². The summed E-state index contributed by atoms with van der Waals surface area (Å²) in [7, 11) is 0. The minimum atomic E-state index is -0.731. The first-order valence-corrected chi connectivity index (χ1v) is 7.62. The van der Waals surface area contributed by atoms with E-state index in [-0.39, 0.29) is 6.04 Å². The molecule has 1 fully saturated rings. The Morgan fingerprint density at radius 3 is 2.68 bits per heavy atom. The summed E-state index contributed by atoms with van der Waals surface area (Å²) in [5.74, 6) is -0.731. The van der Waals surface area contributed by atoms with Crippen molar-refractivity contribution in [1.82, 2.24) is 9.88 Å². The van der Waals surface area contributed by atoms with E-state index >= 15 is 0 Å². The molecule has 1 aromatic heterocycles. The van der Waals surface area contributed by atoms with Crippen molar-refractivity contribution in [3.8, 4) is 0 Å². The highest BCUT2D eigenvalue weighted by atomic mass is 16.4. The average Bonchev–Trinajstić information content (AvgIpc) is 3.00. The molecule has 0 saturated carbocycles. The fraction of sp³-hybridized carbons (Fsp3) is 0.333. The average molecular weight is 296 g/mol. The van der Waals surface area contributed by atoms with Crippen molar-refractivity contribution in [2.75, 3.05) is 6.54 Å². The van der Waals surface area contributed by atoms with Gasteiger partial charge in [-0.2, -0.15) is 0 Å². The maximum Gasteiger partial charge on any atom is 0.320 e. The summed E-state index contributed by atoms with van der Waals surface area (Å²) in [6.07, 6.45) is 5.17. The Balaban J connectivity index is 2.08. The maximum atomic E-state index is 11.6. The lowest BCUT2D eigenvalue weighted by Gasteiger charge is -2.32. The van der Waals surface area contributed by atoms with Gasteiger partial charge in [0.15, 0.2) is 0 Å². The van der Waals surface area contributed by atoms with Gasteiger partial charge in [0.05, 0.1) is 6.04 Å². The molecule has 1 aliphatic rings. The fourth-order valence-electron chi connectivity index (χ4n) is 3.35. The molecule has 2 atom stereocenters. The summed E-state index contributed by atoms with van der Waals surface area (Å²) in [5.41, 5.74) is 3.44. The third-order valence-electron chi connectivity index (χ3n) is 4.42. The second kappa shape index (κ2) is 6.28. The summed E-state index contributed by atoms with van der Waals surface area (Å²) < 4.78 is 0. The molecule has 0 bridgehead atoms. The van der Waals surface area contributed by atoms with Crippen LogP contribution in [0.4, 0.5) is 0 Å². The number of pyridine rings is 1. The number of hydrogen-bond acceptors (Lipinski definition) is 3. The van der Waals surface area contributed by atoms with Gasteiger partial charge in [0, 0.05) is 18.9 Å². The third-order valence-corrected chi connectivity index (χ3v) is 4.42. The molecule has 0 spiro atoms.